The average Bonchev–Trinajstić information content (AvgIpc) is 3.05. The van der Waals surface area contributed by atoms with Crippen LogP contribution in [0.3, 0.4) is 0 Å². The van der Waals surface area contributed by atoms with Crippen LogP contribution in [-0.4, -0.2) is 67.8 Å². The van der Waals surface area contributed by atoms with Crippen LogP contribution in [0.1, 0.15) is 27.2 Å². The number of hydrogen-bond donors (Lipinski definition) is 1. The van der Waals surface area contributed by atoms with Crippen molar-refractivity contribution >= 4 is 27.5 Å². The molecule has 28 heavy (non-hydrogen) atoms. The van der Waals surface area contributed by atoms with Crippen molar-refractivity contribution in [1.29, 1.82) is 0 Å². The van der Waals surface area contributed by atoms with Crippen molar-refractivity contribution in [3.05, 3.63) is 24.3 Å². The highest BCUT2D eigenvalue weighted by Crippen LogP contribution is 2.27. The molecule has 0 saturated carbocycles. The number of benzene rings is 1. The Morgan fingerprint density at radius 1 is 1.14 bits per heavy atom. The molecule has 0 aromatic heterocycles. The van der Waals surface area contributed by atoms with Gasteiger partial charge in [0.1, 0.15) is 0 Å². The topological polar surface area (TPSA) is 96.0 Å². The summed E-state index contributed by atoms with van der Waals surface area (Å²) in [5.41, 5.74) is 0.189. The number of nitrogens with one attached hydrogen (secondary N) is 1. The summed E-state index contributed by atoms with van der Waals surface area (Å²) in [7, 11) is -3.56. The lowest BCUT2D eigenvalue weighted by Crippen LogP contribution is -2.42. The summed E-state index contributed by atoms with van der Waals surface area (Å²) in [6.07, 6.45) is 0.187. The number of amides is 2. The highest BCUT2D eigenvalue weighted by Gasteiger charge is 2.39. The minimum atomic E-state index is -3.56. The maximum absolute atomic E-state index is 12.6. The largest absolute Gasteiger partial charge is 0.379 e. The van der Waals surface area contributed by atoms with Gasteiger partial charge in [0, 0.05) is 37.3 Å². The van der Waals surface area contributed by atoms with E-state index in [1.165, 1.54) is 16.4 Å². The first kappa shape index (κ1) is 20.8. The SMILES string of the molecule is CC(C)(C)N1C[C@@H](C(=O)Nc2ccc(S(=O)(=O)N3CCOCC3)cc2)CC1=O. The van der Waals surface area contributed by atoms with E-state index in [4.69, 9.17) is 4.74 Å². The molecule has 2 amide bonds. The average molecular weight is 410 g/mol. The zero-order valence-corrected chi connectivity index (χ0v) is 17.3. The molecule has 0 unspecified atom stereocenters. The molecule has 0 spiro atoms. The van der Waals surface area contributed by atoms with E-state index in [2.05, 4.69) is 5.32 Å². The highest BCUT2D eigenvalue weighted by atomic mass is 32.2. The maximum Gasteiger partial charge on any atom is 0.243 e. The van der Waals surface area contributed by atoms with E-state index in [0.717, 1.165) is 0 Å². The van der Waals surface area contributed by atoms with E-state index < -0.39 is 15.9 Å². The van der Waals surface area contributed by atoms with Gasteiger partial charge in [0.05, 0.1) is 24.0 Å². The van der Waals surface area contributed by atoms with Crippen LogP contribution in [0.5, 0.6) is 0 Å². The number of ether oxygens (including phenoxy) is 1. The Balaban J connectivity index is 1.64. The molecule has 1 aromatic rings. The number of morpholine rings is 1. The van der Waals surface area contributed by atoms with Crippen molar-refractivity contribution in [3.63, 3.8) is 0 Å². The third kappa shape index (κ3) is 4.37. The van der Waals surface area contributed by atoms with Crippen molar-refractivity contribution < 1.29 is 22.7 Å². The molecule has 0 radical (unpaired) electrons. The molecular weight excluding hydrogens is 382 g/mol. The number of likely N-dealkylation sites (tertiary alicyclic amines) is 1. The van der Waals surface area contributed by atoms with Gasteiger partial charge in [-0.1, -0.05) is 0 Å². The molecule has 8 nitrogen and oxygen atoms in total. The molecule has 154 valence electrons. The number of carbonyl (C=O) groups excluding carboxylic acids is 2. The molecule has 1 N–H and O–H groups in total. The molecule has 9 heteroatoms. The summed E-state index contributed by atoms with van der Waals surface area (Å²) in [6, 6.07) is 6.12. The zero-order valence-electron chi connectivity index (χ0n) is 16.5. The van der Waals surface area contributed by atoms with Crippen molar-refractivity contribution in [2.24, 2.45) is 5.92 Å². The predicted octanol–water partition coefficient (Wildman–Crippen LogP) is 1.29. The Hall–Kier alpha value is -1.97. The molecule has 2 heterocycles. The van der Waals surface area contributed by atoms with Gasteiger partial charge in [-0.3, -0.25) is 9.59 Å². The smallest absolute Gasteiger partial charge is 0.243 e. The second-order valence-electron chi connectivity index (χ2n) is 8.11. The Kier molecular flexibility index (Phi) is 5.79. The van der Waals surface area contributed by atoms with Gasteiger partial charge in [-0.05, 0) is 45.0 Å². The summed E-state index contributed by atoms with van der Waals surface area (Å²) in [5.74, 6) is -0.674. The molecule has 0 aliphatic carbocycles. The van der Waals surface area contributed by atoms with Crippen LogP contribution in [0.2, 0.25) is 0 Å². The molecule has 3 rings (SSSR count). The number of sulfonamides is 1. The number of anilines is 1. The Bertz CT molecular complexity index is 839. The second kappa shape index (κ2) is 7.81. The van der Waals surface area contributed by atoms with Crippen molar-refractivity contribution in [2.45, 2.75) is 37.6 Å². The monoisotopic (exact) mass is 409 g/mol. The molecule has 2 fully saturated rings. The first-order chi connectivity index (χ1) is 13.1. The van der Waals surface area contributed by atoms with Crippen LogP contribution in [0.25, 0.3) is 0 Å². The fraction of sp³-hybridized carbons (Fsp3) is 0.579. The Morgan fingerprint density at radius 2 is 1.75 bits per heavy atom. The minimum absolute atomic E-state index is 0.0281. The number of hydrogen-bond acceptors (Lipinski definition) is 5. The first-order valence-electron chi connectivity index (χ1n) is 9.38. The van der Waals surface area contributed by atoms with Crippen molar-refractivity contribution in [1.82, 2.24) is 9.21 Å². The van der Waals surface area contributed by atoms with E-state index in [1.807, 2.05) is 20.8 Å². The van der Waals surface area contributed by atoms with Gasteiger partial charge in [0.25, 0.3) is 0 Å². The summed E-state index contributed by atoms with van der Waals surface area (Å²) in [6.45, 7) is 7.66. The molecular formula is C19H27N3O5S. The van der Waals surface area contributed by atoms with E-state index in [0.29, 0.717) is 38.5 Å². The maximum atomic E-state index is 12.6. The summed E-state index contributed by atoms with van der Waals surface area (Å²) in [5, 5.41) is 2.79. The van der Waals surface area contributed by atoms with Gasteiger partial charge >= 0.3 is 0 Å². The third-order valence-electron chi connectivity index (χ3n) is 5.04. The zero-order chi connectivity index (χ0) is 20.5. The fourth-order valence-electron chi connectivity index (χ4n) is 3.42. The summed E-state index contributed by atoms with van der Waals surface area (Å²) < 4.78 is 31.9. The standard InChI is InChI=1S/C19H27N3O5S/c1-19(2,3)22-13-14(12-17(22)23)18(24)20-15-4-6-16(7-5-15)28(25,26)21-8-10-27-11-9-21/h4-7,14H,8-13H2,1-3H3,(H,20,24)/t14-/m0/s1. The molecule has 2 aliphatic rings. The van der Waals surface area contributed by atoms with Gasteiger partial charge < -0.3 is 15.0 Å². The highest BCUT2D eigenvalue weighted by molar-refractivity contribution is 7.89. The van der Waals surface area contributed by atoms with E-state index >= 15 is 0 Å². The molecule has 2 saturated heterocycles. The quantitative estimate of drug-likeness (QED) is 0.809. The summed E-state index contributed by atoms with van der Waals surface area (Å²) >= 11 is 0. The van der Waals surface area contributed by atoms with Gasteiger partial charge in [-0.15, -0.1) is 0 Å². The third-order valence-corrected chi connectivity index (χ3v) is 6.95. The second-order valence-corrected chi connectivity index (χ2v) is 10.0. The van der Waals surface area contributed by atoms with Crippen LogP contribution in [0.4, 0.5) is 5.69 Å². The lowest BCUT2D eigenvalue weighted by Gasteiger charge is -2.31. The number of rotatable bonds is 4. The normalized spacial score (nSPS) is 21.8. The van der Waals surface area contributed by atoms with Gasteiger partial charge in [-0.2, -0.15) is 4.31 Å². The Labute approximate surface area is 165 Å². The van der Waals surface area contributed by atoms with Crippen molar-refractivity contribution in [2.75, 3.05) is 38.2 Å². The predicted molar refractivity (Wildman–Crippen MR) is 104 cm³/mol. The van der Waals surface area contributed by atoms with Crippen LogP contribution in [0.15, 0.2) is 29.2 Å². The Morgan fingerprint density at radius 3 is 2.29 bits per heavy atom. The first-order valence-corrected chi connectivity index (χ1v) is 10.8. The molecule has 0 bridgehead atoms. The molecule has 1 aromatic carbocycles. The summed E-state index contributed by atoms with van der Waals surface area (Å²) in [4.78, 5) is 26.6. The van der Waals surface area contributed by atoms with E-state index in [-0.39, 0.29) is 28.7 Å². The fourth-order valence-corrected chi connectivity index (χ4v) is 4.83. The number of nitrogens with zero attached hydrogens (tertiary/aromatic N) is 2. The van der Waals surface area contributed by atoms with Crippen LogP contribution in [-0.2, 0) is 24.3 Å². The van der Waals surface area contributed by atoms with Gasteiger partial charge in [-0.25, -0.2) is 8.42 Å². The lowest BCUT2D eigenvalue weighted by molar-refractivity contribution is -0.131. The van der Waals surface area contributed by atoms with Crippen LogP contribution in [0, 0.1) is 5.92 Å². The lowest BCUT2D eigenvalue weighted by atomic mass is 10.1. The van der Waals surface area contributed by atoms with Crippen LogP contribution >= 0.6 is 0 Å². The van der Waals surface area contributed by atoms with E-state index in [9.17, 15) is 18.0 Å². The van der Waals surface area contributed by atoms with Crippen LogP contribution < -0.4 is 5.32 Å². The minimum Gasteiger partial charge on any atom is -0.379 e. The number of carbonyl (C=O) groups is 2. The molecule has 1 atom stereocenters. The molecule has 2 aliphatic heterocycles. The van der Waals surface area contributed by atoms with E-state index in [1.54, 1.807) is 17.0 Å². The van der Waals surface area contributed by atoms with Gasteiger partial charge in [0.2, 0.25) is 21.8 Å². The van der Waals surface area contributed by atoms with Gasteiger partial charge in [0.15, 0.2) is 0 Å². The van der Waals surface area contributed by atoms with Crippen molar-refractivity contribution in [3.8, 4) is 0 Å².